The molecule has 2 unspecified atom stereocenters. The molecule has 104 valence electrons. The lowest BCUT2D eigenvalue weighted by Crippen LogP contribution is -2.34. The summed E-state index contributed by atoms with van der Waals surface area (Å²) in [6.07, 6.45) is 4.71. The van der Waals surface area contributed by atoms with Crippen molar-refractivity contribution < 1.29 is 9.90 Å². The number of aliphatic carboxylic acids is 1. The molecular weight excluding hydrogens is 238 g/mol. The summed E-state index contributed by atoms with van der Waals surface area (Å²) in [5.74, 6) is 0.0866. The van der Waals surface area contributed by atoms with Gasteiger partial charge in [0.25, 0.3) is 0 Å². The molecule has 3 nitrogen and oxygen atoms in total. The Balaban J connectivity index is 2.03. The van der Waals surface area contributed by atoms with Crippen LogP contribution in [0.4, 0.5) is 5.69 Å². The molecule has 2 atom stereocenters. The third-order valence-electron chi connectivity index (χ3n) is 3.99. The summed E-state index contributed by atoms with van der Waals surface area (Å²) < 4.78 is 0. The lowest BCUT2D eigenvalue weighted by Gasteiger charge is -2.31. The number of rotatable bonds is 6. The monoisotopic (exact) mass is 261 g/mol. The maximum absolute atomic E-state index is 10.7. The Morgan fingerprint density at radius 3 is 2.63 bits per heavy atom. The Bertz CT molecular complexity index is 404. The van der Waals surface area contributed by atoms with Crippen LogP contribution in [-0.4, -0.2) is 23.7 Å². The van der Waals surface area contributed by atoms with Gasteiger partial charge in [0, 0.05) is 24.7 Å². The van der Waals surface area contributed by atoms with Gasteiger partial charge in [0.2, 0.25) is 0 Å². The first-order valence-corrected chi connectivity index (χ1v) is 7.20. The zero-order chi connectivity index (χ0) is 13.7. The van der Waals surface area contributed by atoms with Gasteiger partial charge >= 0.3 is 5.97 Å². The van der Waals surface area contributed by atoms with Gasteiger partial charge in [-0.1, -0.05) is 25.1 Å². The third kappa shape index (κ3) is 3.98. The first kappa shape index (κ1) is 13.9. The zero-order valence-electron chi connectivity index (χ0n) is 11.6. The molecule has 1 saturated carbocycles. The van der Waals surface area contributed by atoms with Crippen molar-refractivity contribution in [3.63, 3.8) is 0 Å². The molecule has 0 aliphatic heterocycles. The van der Waals surface area contributed by atoms with Crippen LogP contribution in [-0.2, 0) is 4.79 Å². The molecule has 0 radical (unpaired) electrons. The van der Waals surface area contributed by atoms with Crippen LogP contribution in [0.15, 0.2) is 30.3 Å². The maximum atomic E-state index is 10.7. The SMILES string of the molecule is CC1CCC(N(CCCC(=O)O)c2ccccc2)C1. The van der Waals surface area contributed by atoms with Gasteiger partial charge in [0.05, 0.1) is 0 Å². The molecule has 2 rings (SSSR count). The fourth-order valence-electron chi connectivity index (χ4n) is 3.00. The molecule has 1 aromatic carbocycles. The Labute approximate surface area is 115 Å². The molecule has 1 aliphatic carbocycles. The van der Waals surface area contributed by atoms with E-state index in [9.17, 15) is 4.79 Å². The predicted octanol–water partition coefficient (Wildman–Crippen LogP) is 3.55. The van der Waals surface area contributed by atoms with Gasteiger partial charge in [0.15, 0.2) is 0 Å². The Hall–Kier alpha value is -1.51. The second-order valence-electron chi connectivity index (χ2n) is 5.60. The fraction of sp³-hybridized carbons (Fsp3) is 0.562. The summed E-state index contributed by atoms with van der Waals surface area (Å²) in [5.41, 5.74) is 1.23. The highest BCUT2D eigenvalue weighted by Crippen LogP contribution is 2.32. The van der Waals surface area contributed by atoms with E-state index in [4.69, 9.17) is 5.11 Å². The molecule has 1 aromatic rings. The van der Waals surface area contributed by atoms with Gasteiger partial charge in [-0.2, -0.15) is 0 Å². The number of carboxylic acid groups (broad SMARTS) is 1. The zero-order valence-corrected chi connectivity index (χ0v) is 11.6. The molecule has 0 spiro atoms. The second-order valence-corrected chi connectivity index (χ2v) is 5.60. The quantitative estimate of drug-likeness (QED) is 0.851. The van der Waals surface area contributed by atoms with Crippen molar-refractivity contribution in [1.29, 1.82) is 0 Å². The molecule has 1 aliphatic rings. The number of carbonyl (C=O) groups is 1. The van der Waals surface area contributed by atoms with E-state index in [1.165, 1.54) is 24.9 Å². The van der Waals surface area contributed by atoms with Gasteiger partial charge < -0.3 is 10.0 Å². The van der Waals surface area contributed by atoms with Gasteiger partial charge in [-0.3, -0.25) is 4.79 Å². The number of hydrogen-bond donors (Lipinski definition) is 1. The van der Waals surface area contributed by atoms with Crippen molar-refractivity contribution in [2.45, 2.75) is 45.1 Å². The second kappa shape index (κ2) is 6.60. The van der Waals surface area contributed by atoms with Crippen molar-refractivity contribution in [2.75, 3.05) is 11.4 Å². The smallest absolute Gasteiger partial charge is 0.303 e. The molecule has 0 aromatic heterocycles. The molecule has 1 N–H and O–H groups in total. The van der Waals surface area contributed by atoms with E-state index in [0.29, 0.717) is 6.04 Å². The van der Waals surface area contributed by atoms with Crippen molar-refractivity contribution in [3.05, 3.63) is 30.3 Å². The van der Waals surface area contributed by atoms with Crippen molar-refractivity contribution >= 4 is 11.7 Å². The van der Waals surface area contributed by atoms with Gasteiger partial charge in [-0.25, -0.2) is 0 Å². The first-order valence-electron chi connectivity index (χ1n) is 7.20. The van der Waals surface area contributed by atoms with Gasteiger partial charge in [-0.15, -0.1) is 0 Å². The first-order chi connectivity index (χ1) is 9.16. The number of carboxylic acids is 1. The summed E-state index contributed by atoms with van der Waals surface area (Å²) in [6.45, 7) is 3.15. The lowest BCUT2D eigenvalue weighted by molar-refractivity contribution is -0.137. The average molecular weight is 261 g/mol. The fourth-order valence-corrected chi connectivity index (χ4v) is 3.00. The van der Waals surface area contributed by atoms with Crippen LogP contribution < -0.4 is 4.90 Å². The normalized spacial score (nSPS) is 22.4. The lowest BCUT2D eigenvalue weighted by atomic mass is 10.1. The highest BCUT2D eigenvalue weighted by atomic mass is 16.4. The van der Waals surface area contributed by atoms with Crippen molar-refractivity contribution in [3.8, 4) is 0 Å². The predicted molar refractivity (Wildman–Crippen MR) is 77.5 cm³/mol. The number of para-hydroxylation sites is 1. The molecular formula is C16H23NO2. The number of benzene rings is 1. The van der Waals surface area contributed by atoms with E-state index in [-0.39, 0.29) is 6.42 Å². The standard InChI is InChI=1S/C16H23NO2/c1-13-9-10-15(12-13)17(11-5-8-16(18)19)14-6-3-2-4-7-14/h2-4,6-7,13,15H,5,8-12H2,1H3,(H,18,19). The summed E-state index contributed by atoms with van der Waals surface area (Å²) in [6, 6.07) is 11.0. The van der Waals surface area contributed by atoms with E-state index >= 15 is 0 Å². The van der Waals surface area contributed by atoms with E-state index in [1.807, 2.05) is 6.07 Å². The van der Waals surface area contributed by atoms with E-state index in [1.54, 1.807) is 0 Å². The van der Waals surface area contributed by atoms with Gasteiger partial charge in [0.1, 0.15) is 0 Å². The number of nitrogens with zero attached hydrogens (tertiary/aromatic N) is 1. The number of anilines is 1. The van der Waals surface area contributed by atoms with Gasteiger partial charge in [-0.05, 0) is 43.7 Å². The highest BCUT2D eigenvalue weighted by molar-refractivity contribution is 5.66. The largest absolute Gasteiger partial charge is 0.481 e. The van der Waals surface area contributed by atoms with E-state index < -0.39 is 5.97 Å². The Morgan fingerprint density at radius 1 is 1.32 bits per heavy atom. The van der Waals surface area contributed by atoms with Crippen molar-refractivity contribution in [1.82, 2.24) is 0 Å². The van der Waals surface area contributed by atoms with Crippen LogP contribution in [0.2, 0.25) is 0 Å². The molecule has 0 amide bonds. The Kier molecular flexibility index (Phi) is 4.83. The summed E-state index contributed by atoms with van der Waals surface area (Å²) in [5, 5.41) is 8.79. The minimum Gasteiger partial charge on any atom is -0.481 e. The van der Waals surface area contributed by atoms with Crippen LogP contribution >= 0.6 is 0 Å². The summed E-state index contributed by atoms with van der Waals surface area (Å²) in [7, 11) is 0. The summed E-state index contributed by atoms with van der Waals surface area (Å²) >= 11 is 0. The third-order valence-corrected chi connectivity index (χ3v) is 3.99. The van der Waals surface area contributed by atoms with Crippen LogP contribution in [0, 0.1) is 5.92 Å². The topological polar surface area (TPSA) is 40.5 Å². The minimum atomic E-state index is -0.701. The molecule has 0 saturated heterocycles. The van der Waals surface area contributed by atoms with Crippen LogP contribution in [0.1, 0.15) is 39.0 Å². The average Bonchev–Trinajstić information content (AvgIpc) is 2.82. The van der Waals surface area contributed by atoms with Crippen LogP contribution in [0.25, 0.3) is 0 Å². The minimum absolute atomic E-state index is 0.256. The molecule has 0 bridgehead atoms. The molecule has 19 heavy (non-hydrogen) atoms. The molecule has 0 heterocycles. The van der Waals surface area contributed by atoms with E-state index in [2.05, 4.69) is 36.1 Å². The molecule has 1 fully saturated rings. The van der Waals surface area contributed by atoms with Crippen LogP contribution in [0.5, 0.6) is 0 Å². The molecule has 3 heteroatoms. The summed E-state index contributed by atoms with van der Waals surface area (Å²) in [4.78, 5) is 13.1. The van der Waals surface area contributed by atoms with Crippen molar-refractivity contribution in [2.24, 2.45) is 5.92 Å². The Morgan fingerprint density at radius 2 is 2.05 bits per heavy atom. The van der Waals surface area contributed by atoms with E-state index in [0.717, 1.165) is 18.9 Å². The maximum Gasteiger partial charge on any atom is 0.303 e. The highest BCUT2D eigenvalue weighted by Gasteiger charge is 2.26. The number of hydrogen-bond acceptors (Lipinski definition) is 2. The van der Waals surface area contributed by atoms with Crippen LogP contribution in [0.3, 0.4) is 0 Å².